The van der Waals surface area contributed by atoms with Crippen LogP contribution in [0.3, 0.4) is 0 Å². The molecule has 0 saturated heterocycles. The number of hydrogen-bond donors (Lipinski definition) is 1. The normalized spacial score (nSPS) is 16.7. The van der Waals surface area contributed by atoms with Gasteiger partial charge in [0.25, 0.3) is 0 Å². The predicted octanol–water partition coefficient (Wildman–Crippen LogP) is 0.997. The lowest BCUT2D eigenvalue weighted by Gasteiger charge is -2.27. The summed E-state index contributed by atoms with van der Waals surface area (Å²) in [6.07, 6.45) is 5.99. The zero-order chi connectivity index (χ0) is 9.52. The third kappa shape index (κ3) is 3.77. The molecule has 0 aromatic rings. The summed E-state index contributed by atoms with van der Waals surface area (Å²) in [4.78, 5) is 12.4. The lowest BCUT2D eigenvalue weighted by Crippen LogP contribution is -2.40. The van der Waals surface area contributed by atoms with Gasteiger partial charge in [0.15, 0.2) is 0 Å². The molecule has 0 aromatic carbocycles. The zero-order valence-electron chi connectivity index (χ0n) is 8.46. The second-order valence-corrected chi connectivity index (χ2v) is 3.72. The predicted molar refractivity (Wildman–Crippen MR) is 53.6 cm³/mol. The fourth-order valence-electron chi connectivity index (χ4n) is 1.53. The van der Waals surface area contributed by atoms with Crippen molar-refractivity contribution in [2.45, 2.75) is 38.6 Å². The molecule has 0 atom stereocenters. The number of hydrogen-bond acceptors (Lipinski definition) is 2. The molecule has 1 rings (SSSR count). The van der Waals surface area contributed by atoms with Gasteiger partial charge in [-0.2, -0.15) is 0 Å². The minimum atomic E-state index is 0.732. The van der Waals surface area contributed by atoms with Crippen molar-refractivity contribution < 1.29 is 4.79 Å². The van der Waals surface area contributed by atoms with Gasteiger partial charge < -0.3 is 10.2 Å². The van der Waals surface area contributed by atoms with Crippen molar-refractivity contribution in [2.75, 3.05) is 19.6 Å². The van der Waals surface area contributed by atoms with Crippen LogP contribution in [-0.2, 0) is 4.79 Å². The van der Waals surface area contributed by atoms with E-state index in [9.17, 15) is 4.79 Å². The molecule has 76 valence electrons. The van der Waals surface area contributed by atoms with E-state index in [1.165, 1.54) is 19.3 Å². The van der Waals surface area contributed by atoms with Crippen LogP contribution in [0.2, 0.25) is 0 Å². The summed E-state index contributed by atoms with van der Waals surface area (Å²) in [7, 11) is 0. The molecule has 0 unspecified atom stereocenters. The molecule has 0 aliphatic heterocycles. The van der Waals surface area contributed by atoms with E-state index in [0.717, 1.165) is 38.5 Å². The Morgan fingerprint density at radius 2 is 2.23 bits per heavy atom. The second-order valence-electron chi connectivity index (χ2n) is 3.72. The molecule has 1 saturated carbocycles. The molecule has 0 spiro atoms. The van der Waals surface area contributed by atoms with Crippen molar-refractivity contribution in [1.82, 2.24) is 10.2 Å². The lowest BCUT2D eigenvalue weighted by atomic mass is 9.93. The summed E-state index contributed by atoms with van der Waals surface area (Å²) in [6.45, 7) is 4.78. The highest BCUT2D eigenvalue weighted by Gasteiger charge is 2.15. The summed E-state index contributed by atoms with van der Waals surface area (Å²) < 4.78 is 0. The topological polar surface area (TPSA) is 32.3 Å². The second kappa shape index (κ2) is 5.97. The van der Waals surface area contributed by atoms with Gasteiger partial charge in [-0.05, 0) is 19.3 Å². The number of nitrogens with one attached hydrogen (secondary N) is 1. The van der Waals surface area contributed by atoms with Crippen molar-refractivity contribution in [3.8, 4) is 0 Å². The number of amides is 1. The van der Waals surface area contributed by atoms with E-state index in [0.29, 0.717) is 0 Å². The smallest absolute Gasteiger partial charge is 0.209 e. The van der Waals surface area contributed by atoms with Crippen molar-refractivity contribution in [3.05, 3.63) is 0 Å². The number of carbonyl (C=O) groups excluding carboxylic acids is 1. The van der Waals surface area contributed by atoms with Crippen molar-refractivity contribution in [2.24, 2.45) is 0 Å². The fourth-order valence-corrected chi connectivity index (χ4v) is 1.53. The first-order valence-electron chi connectivity index (χ1n) is 5.29. The average Bonchev–Trinajstić information content (AvgIpc) is 2.07. The number of rotatable bonds is 7. The van der Waals surface area contributed by atoms with Crippen LogP contribution in [0.1, 0.15) is 32.6 Å². The van der Waals surface area contributed by atoms with Crippen LogP contribution in [0.15, 0.2) is 0 Å². The van der Waals surface area contributed by atoms with Gasteiger partial charge >= 0.3 is 0 Å². The van der Waals surface area contributed by atoms with Gasteiger partial charge in [-0.15, -0.1) is 0 Å². The molecule has 1 fully saturated rings. The van der Waals surface area contributed by atoms with Crippen LogP contribution < -0.4 is 5.32 Å². The quantitative estimate of drug-likeness (QED) is 0.599. The van der Waals surface area contributed by atoms with Crippen LogP contribution >= 0.6 is 0 Å². The molecule has 13 heavy (non-hydrogen) atoms. The van der Waals surface area contributed by atoms with Gasteiger partial charge in [-0.25, -0.2) is 0 Å². The summed E-state index contributed by atoms with van der Waals surface area (Å²) in [5.41, 5.74) is 0. The first-order valence-corrected chi connectivity index (χ1v) is 5.29. The summed E-state index contributed by atoms with van der Waals surface area (Å²) in [5.74, 6) is 0. The van der Waals surface area contributed by atoms with Gasteiger partial charge in [-0.1, -0.05) is 13.3 Å². The Balaban J connectivity index is 1.98. The minimum absolute atomic E-state index is 0.732. The van der Waals surface area contributed by atoms with Crippen LogP contribution in [0, 0.1) is 0 Å². The molecule has 0 aromatic heterocycles. The van der Waals surface area contributed by atoms with E-state index in [4.69, 9.17) is 0 Å². The molecular formula is C10H20N2O. The first kappa shape index (κ1) is 10.5. The Morgan fingerprint density at radius 3 is 2.69 bits per heavy atom. The molecule has 3 heteroatoms. The van der Waals surface area contributed by atoms with Crippen LogP contribution in [-0.4, -0.2) is 37.0 Å². The molecule has 3 nitrogen and oxygen atoms in total. The highest BCUT2D eigenvalue weighted by atomic mass is 16.1. The Kier molecular flexibility index (Phi) is 4.83. The first-order chi connectivity index (χ1) is 6.36. The molecule has 0 radical (unpaired) electrons. The Hall–Kier alpha value is -0.570. The van der Waals surface area contributed by atoms with E-state index < -0.39 is 0 Å². The lowest BCUT2D eigenvalue weighted by molar-refractivity contribution is -0.118. The molecule has 0 bridgehead atoms. The molecule has 1 aliphatic carbocycles. The zero-order valence-corrected chi connectivity index (χ0v) is 8.46. The van der Waals surface area contributed by atoms with Crippen molar-refractivity contribution in [1.29, 1.82) is 0 Å². The third-order valence-corrected chi connectivity index (χ3v) is 2.60. The molecule has 1 N–H and O–H groups in total. The third-order valence-electron chi connectivity index (χ3n) is 2.60. The summed E-state index contributed by atoms with van der Waals surface area (Å²) in [6, 6.07) is 0.732. The van der Waals surface area contributed by atoms with E-state index >= 15 is 0 Å². The average molecular weight is 184 g/mol. The van der Waals surface area contributed by atoms with Gasteiger partial charge in [0.05, 0.1) is 0 Å². The highest BCUT2D eigenvalue weighted by molar-refractivity contribution is 5.46. The largest absolute Gasteiger partial charge is 0.344 e. The van der Waals surface area contributed by atoms with E-state index in [1.54, 1.807) is 0 Å². The van der Waals surface area contributed by atoms with E-state index in [2.05, 4.69) is 12.2 Å². The maximum atomic E-state index is 10.6. The number of nitrogens with zero attached hydrogens (tertiary/aromatic N) is 1. The van der Waals surface area contributed by atoms with Crippen LogP contribution in [0.4, 0.5) is 0 Å². The Bertz CT molecular complexity index is 146. The monoisotopic (exact) mass is 184 g/mol. The van der Waals surface area contributed by atoms with Gasteiger partial charge in [0.1, 0.15) is 0 Å². The van der Waals surface area contributed by atoms with Crippen molar-refractivity contribution >= 4 is 6.41 Å². The molecule has 1 aliphatic rings. The van der Waals surface area contributed by atoms with Gasteiger partial charge in [0, 0.05) is 25.7 Å². The SMILES string of the molecule is CCCN(C=O)CCNC1CCC1. The standard InChI is InChI=1S/C10H20N2O/c1-2-7-12(9-13)8-6-11-10-4-3-5-10/h9-11H,2-8H2,1H3. The van der Waals surface area contributed by atoms with Crippen LogP contribution in [0.25, 0.3) is 0 Å². The maximum Gasteiger partial charge on any atom is 0.209 e. The molecule has 1 amide bonds. The Labute approximate surface area is 80.5 Å². The summed E-state index contributed by atoms with van der Waals surface area (Å²) in [5, 5.41) is 3.44. The van der Waals surface area contributed by atoms with E-state index in [-0.39, 0.29) is 0 Å². The van der Waals surface area contributed by atoms with Gasteiger partial charge in [-0.3, -0.25) is 4.79 Å². The maximum absolute atomic E-state index is 10.6. The highest BCUT2D eigenvalue weighted by Crippen LogP contribution is 2.17. The minimum Gasteiger partial charge on any atom is -0.344 e. The van der Waals surface area contributed by atoms with E-state index in [1.807, 2.05) is 4.90 Å². The van der Waals surface area contributed by atoms with Crippen LogP contribution in [0.5, 0.6) is 0 Å². The molecular weight excluding hydrogens is 164 g/mol. The fraction of sp³-hybridized carbons (Fsp3) is 0.900. The number of carbonyl (C=O) groups is 1. The Morgan fingerprint density at radius 1 is 1.46 bits per heavy atom. The van der Waals surface area contributed by atoms with Gasteiger partial charge in [0.2, 0.25) is 6.41 Å². The summed E-state index contributed by atoms with van der Waals surface area (Å²) >= 11 is 0. The van der Waals surface area contributed by atoms with Crippen molar-refractivity contribution in [3.63, 3.8) is 0 Å². The molecule has 0 heterocycles.